The molecule has 1 N–H and O–H groups in total. The van der Waals surface area contributed by atoms with Crippen LogP contribution in [-0.2, 0) is 0 Å². The number of halogens is 1. The van der Waals surface area contributed by atoms with Gasteiger partial charge in [0, 0.05) is 12.6 Å². The fraction of sp³-hybridized carbons (Fsp3) is 0.500. The van der Waals surface area contributed by atoms with Crippen LogP contribution in [0.3, 0.4) is 0 Å². The molecule has 78 valence electrons. The third kappa shape index (κ3) is 4.22. The predicted molar refractivity (Wildman–Crippen MR) is 63.9 cm³/mol. The third-order valence-corrected chi connectivity index (χ3v) is 2.72. The Morgan fingerprint density at radius 1 is 1.71 bits per heavy atom. The molecule has 2 nitrogen and oxygen atoms in total. The van der Waals surface area contributed by atoms with Crippen molar-refractivity contribution in [3.63, 3.8) is 0 Å². The minimum atomic E-state index is 0.512. The van der Waals surface area contributed by atoms with E-state index in [4.69, 9.17) is 11.6 Å². The minimum absolute atomic E-state index is 0.512. The summed E-state index contributed by atoms with van der Waals surface area (Å²) in [4.78, 5) is 4.17. The number of rotatable bonds is 4. The summed E-state index contributed by atoms with van der Waals surface area (Å²) >= 11 is 7.28. The van der Waals surface area contributed by atoms with E-state index in [9.17, 15) is 0 Å². The lowest BCUT2D eigenvalue weighted by atomic mass is 10.2. The number of aromatic nitrogens is 1. The van der Waals surface area contributed by atoms with Crippen LogP contribution >= 0.6 is 22.9 Å². The van der Waals surface area contributed by atoms with Crippen molar-refractivity contribution in [1.29, 1.82) is 0 Å². The van der Waals surface area contributed by atoms with Crippen molar-refractivity contribution >= 4 is 29.0 Å². The SMILES string of the molecule is C/C(=C\c1ncc(Cl)s1)CNC(C)C. The van der Waals surface area contributed by atoms with Gasteiger partial charge in [-0.15, -0.1) is 11.3 Å². The first-order chi connectivity index (χ1) is 6.58. The van der Waals surface area contributed by atoms with Gasteiger partial charge in [0.25, 0.3) is 0 Å². The van der Waals surface area contributed by atoms with Gasteiger partial charge in [-0.25, -0.2) is 4.98 Å². The van der Waals surface area contributed by atoms with Crippen LogP contribution in [0.1, 0.15) is 25.8 Å². The van der Waals surface area contributed by atoms with E-state index in [0.29, 0.717) is 6.04 Å². The van der Waals surface area contributed by atoms with Gasteiger partial charge in [-0.2, -0.15) is 0 Å². The number of hydrogen-bond donors (Lipinski definition) is 1. The highest BCUT2D eigenvalue weighted by atomic mass is 35.5. The average molecular weight is 231 g/mol. The Morgan fingerprint density at radius 3 is 2.93 bits per heavy atom. The molecule has 0 bridgehead atoms. The van der Waals surface area contributed by atoms with Crippen LogP contribution in [0.2, 0.25) is 4.34 Å². The van der Waals surface area contributed by atoms with Crippen molar-refractivity contribution in [3.8, 4) is 0 Å². The maximum atomic E-state index is 5.78. The molecule has 0 saturated carbocycles. The summed E-state index contributed by atoms with van der Waals surface area (Å²) in [6, 6.07) is 0.512. The smallest absolute Gasteiger partial charge is 0.117 e. The maximum absolute atomic E-state index is 5.78. The van der Waals surface area contributed by atoms with E-state index in [0.717, 1.165) is 15.9 Å². The van der Waals surface area contributed by atoms with Gasteiger partial charge in [0.05, 0.1) is 6.20 Å². The van der Waals surface area contributed by atoms with Crippen LogP contribution in [0, 0.1) is 0 Å². The van der Waals surface area contributed by atoms with Gasteiger partial charge >= 0.3 is 0 Å². The fourth-order valence-electron chi connectivity index (χ4n) is 0.961. The first-order valence-corrected chi connectivity index (χ1v) is 5.79. The van der Waals surface area contributed by atoms with E-state index in [2.05, 4.69) is 37.1 Å². The van der Waals surface area contributed by atoms with Crippen LogP contribution in [0.25, 0.3) is 6.08 Å². The van der Waals surface area contributed by atoms with E-state index < -0.39 is 0 Å². The number of nitrogens with zero attached hydrogens (tertiary/aromatic N) is 1. The van der Waals surface area contributed by atoms with Crippen LogP contribution < -0.4 is 5.32 Å². The first kappa shape index (κ1) is 11.7. The van der Waals surface area contributed by atoms with Gasteiger partial charge in [0.2, 0.25) is 0 Å². The lowest BCUT2D eigenvalue weighted by molar-refractivity contribution is 0.623. The lowest BCUT2D eigenvalue weighted by Gasteiger charge is -2.07. The Morgan fingerprint density at radius 2 is 2.43 bits per heavy atom. The number of thiazole rings is 1. The molecule has 0 aromatic carbocycles. The molecule has 0 fully saturated rings. The molecule has 0 unspecified atom stereocenters. The molecule has 0 radical (unpaired) electrons. The van der Waals surface area contributed by atoms with Crippen molar-refractivity contribution < 1.29 is 0 Å². The zero-order chi connectivity index (χ0) is 10.6. The molecule has 0 amide bonds. The van der Waals surface area contributed by atoms with Gasteiger partial charge in [0.1, 0.15) is 9.34 Å². The highest BCUT2D eigenvalue weighted by Crippen LogP contribution is 2.20. The fourth-order valence-corrected chi connectivity index (χ4v) is 1.92. The highest BCUT2D eigenvalue weighted by Gasteiger charge is 1.98. The molecule has 0 aliphatic rings. The van der Waals surface area contributed by atoms with E-state index in [1.54, 1.807) is 6.20 Å². The summed E-state index contributed by atoms with van der Waals surface area (Å²) in [7, 11) is 0. The molecule has 0 spiro atoms. The van der Waals surface area contributed by atoms with Crippen molar-refractivity contribution in [1.82, 2.24) is 10.3 Å². The molecule has 1 rings (SSSR count). The second-order valence-corrected chi connectivity index (χ2v) is 5.22. The Balaban J connectivity index is 2.51. The van der Waals surface area contributed by atoms with Gasteiger partial charge in [-0.1, -0.05) is 31.0 Å². The lowest BCUT2D eigenvalue weighted by Crippen LogP contribution is -2.24. The van der Waals surface area contributed by atoms with Gasteiger partial charge < -0.3 is 5.32 Å². The van der Waals surface area contributed by atoms with E-state index in [1.807, 2.05) is 0 Å². The van der Waals surface area contributed by atoms with Crippen LogP contribution in [-0.4, -0.2) is 17.6 Å². The molecule has 1 aromatic heterocycles. The van der Waals surface area contributed by atoms with Crippen molar-refractivity contribution in [2.24, 2.45) is 0 Å². The number of nitrogens with one attached hydrogen (secondary N) is 1. The molecule has 0 saturated heterocycles. The predicted octanol–water partition coefficient (Wildman–Crippen LogP) is 3.20. The standard InChI is InChI=1S/C10H15ClN2S/c1-7(2)12-5-8(3)4-10-13-6-9(11)14-10/h4,6-7,12H,5H2,1-3H3/b8-4+. The van der Waals surface area contributed by atoms with Crippen LogP contribution in [0.4, 0.5) is 0 Å². The zero-order valence-electron chi connectivity index (χ0n) is 8.67. The quantitative estimate of drug-likeness (QED) is 0.860. The third-order valence-electron chi connectivity index (χ3n) is 1.65. The molecule has 0 aliphatic carbocycles. The van der Waals surface area contributed by atoms with E-state index in [-0.39, 0.29) is 0 Å². The molecule has 1 aromatic rings. The van der Waals surface area contributed by atoms with Crippen molar-refractivity contribution in [2.75, 3.05) is 6.54 Å². The minimum Gasteiger partial charge on any atom is -0.311 e. The summed E-state index contributed by atoms with van der Waals surface area (Å²) in [6.45, 7) is 7.25. The molecule has 4 heteroatoms. The molecule has 14 heavy (non-hydrogen) atoms. The topological polar surface area (TPSA) is 24.9 Å². The van der Waals surface area contributed by atoms with E-state index >= 15 is 0 Å². The van der Waals surface area contributed by atoms with Gasteiger partial charge in [-0.3, -0.25) is 0 Å². The Labute approximate surface area is 94.0 Å². The number of hydrogen-bond acceptors (Lipinski definition) is 3. The molecule has 1 heterocycles. The Hall–Kier alpha value is -0.380. The van der Waals surface area contributed by atoms with Crippen LogP contribution in [0.5, 0.6) is 0 Å². The summed E-state index contributed by atoms with van der Waals surface area (Å²) < 4.78 is 0.737. The Bertz CT molecular complexity index is 318. The molecule has 0 aliphatic heterocycles. The first-order valence-electron chi connectivity index (χ1n) is 4.60. The normalized spacial score (nSPS) is 12.5. The Kier molecular flexibility index (Phi) is 4.58. The monoisotopic (exact) mass is 230 g/mol. The van der Waals surface area contributed by atoms with Gasteiger partial charge in [0.15, 0.2) is 0 Å². The second kappa shape index (κ2) is 5.49. The summed E-state index contributed by atoms with van der Waals surface area (Å²) in [6.07, 6.45) is 3.74. The van der Waals surface area contributed by atoms with Crippen molar-refractivity contribution in [3.05, 3.63) is 21.1 Å². The summed E-state index contributed by atoms with van der Waals surface area (Å²) in [5.74, 6) is 0. The second-order valence-electron chi connectivity index (χ2n) is 3.53. The highest BCUT2D eigenvalue weighted by molar-refractivity contribution is 7.16. The summed E-state index contributed by atoms with van der Waals surface area (Å²) in [5.41, 5.74) is 1.27. The van der Waals surface area contributed by atoms with Gasteiger partial charge in [-0.05, 0) is 13.0 Å². The average Bonchev–Trinajstić information content (AvgIpc) is 2.48. The molecule has 0 atom stereocenters. The zero-order valence-corrected chi connectivity index (χ0v) is 10.2. The summed E-state index contributed by atoms with van der Waals surface area (Å²) in [5, 5.41) is 4.32. The maximum Gasteiger partial charge on any atom is 0.117 e. The largest absolute Gasteiger partial charge is 0.311 e. The van der Waals surface area contributed by atoms with Crippen molar-refractivity contribution in [2.45, 2.75) is 26.8 Å². The molecular formula is C10H15ClN2S. The van der Waals surface area contributed by atoms with Crippen LogP contribution in [0.15, 0.2) is 11.8 Å². The van der Waals surface area contributed by atoms with E-state index in [1.165, 1.54) is 16.9 Å². The molecular weight excluding hydrogens is 216 g/mol.